The zero-order valence-electron chi connectivity index (χ0n) is 11.2. The predicted molar refractivity (Wildman–Crippen MR) is 68.3 cm³/mol. The van der Waals surface area contributed by atoms with Crippen LogP contribution in [-0.4, -0.2) is 56.1 Å². The molecule has 0 bridgehead atoms. The summed E-state index contributed by atoms with van der Waals surface area (Å²) in [5, 5.41) is 19.1. The molecule has 0 unspecified atom stereocenters. The van der Waals surface area contributed by atoms with E-state index in [1.807, 2.05) is 0 Å². The zero-order chi connectivity index (χ0) is 14.3. The summed E-state index contributed by atoms with van der Waals surface area (Å²) in [6.07, 6.45) is 3.50. The molecular weight excluding hydrogens is 262 g/mol. The van der Waals surface area contributed by atoms with Gasteiger partial charge in [-0.05, 0) is 18.8 Å². The molecule has 2 aliphatic rings. The maximum absolute atomic E-state index is 11.9. The Kier molecular flexibility index (Phi) is 3.07. The van der Waals surface area contributed by atoms with E-state index in [-0.39, 0.29) is 17.8 Å². The molecule has 1 aliphatic heterocycles. The zero-order valence-corrected chi connectivity index (χ0v) is 11.2. The van der Waals surface area contributed by atoms with Crippen LogP contribution in [0.1, 0.15) is 36.3 Å². The molecule has 2 amide bonds. The van der Waals surface area contributed by atoms with Crippen LogP contribution in [0, 0.1) is 5.92 Å². The number of carbonyl (C=O) groups excluding carboxylic acids is 1. The molecule has 1 aromatic heterocycles. The predicted octanol–water partition coefficient (Wildman–Crippen LogP) is 0.341. The minimum Gasteiger partial charge on any atom is -0.476 e. The van der Waals surface area contributed by atoms with Crippen molar-refractivity contribution in [2.24, 2.45) is 5.92 Å². The summed E-state index contributed by atoms with van der Waals surface area (Å²) >= 11 is 0. The maximum Gasteiger partial charge on any atom is 0.358 e. The number of carboxylic acids is 1. The molecule has 0 aromatic carbocycles. The summed E-state index contributed by atoms with van der Waals surface area (Å²) in [5.74, 6) is -0.390. The lowest BCUT2D eigenvalue weighted by Crippen LogP contribution is -2.57. The van der Waals surface area contributed by atoms with Crippen molar-refractivity contribution < 1.29 is 14.7 Å². The third-order valence-electron chi connectivity index (χ3n) is 3.95. The molecule has 8 nitrogen and oxygen atoms in total. The van der Waals surface area contributed by atoms with E-state index in [1.165, 1.54) is 10.9 Å². The van der Waals surface area contributed by atoms with Gasteiger partial charge in [0.25, 0.3) is 0 Å². The van der Waals surface area contributed by atoms with E-state index in [1.54, 1.807) is 4.90 Å². The van der Waals surface area contributed by atoms with Gasteiger partial charge in [-0.1, -0.05) is 12.1 Å². The normalized spacial score (nSPS) is 25.8. The minimum absolute atomic E-state index is 0.0154. The van der Waals surface area contributed by atoms with Gasteiger partial charge in [0.2, 0.25) is 0 Å². The fourth-order valence-corrected chi connectivity index (χ4v) is 2.63. The SMILES string of the molecule is CC1CC(NC(=O)N2CC(n3cc(C(=O)O)nn3)C2)C1. The lowest BCUT2D eigenvalue weighted by molar-refractivity contribution is 0.0690. The van der Waals surface area contributed by atoms with E-state index < -0.39 is 5.97 Å². The molecule has 1 aliphatic carbocycles. The first-order chi connectivity index (χ1) is 9.52. The fourth-order valence-electron chi connectivity index (χ4n) is 2.63. The van der Waals surface area contributed by atoms with Crippen molar-refractivity contribution in [2.45, 2.75) is 31.8 Å². The summed E-state index contributed by atoms with van der Waals surface area (Å²) in [6.45, 7) is 3.25. The second-order valence-corrected chi connectivity index (χ2v) is 5.67. The van der Waals surface area contributed by atoms with Crippen molar-refractivity contribution in [2.75, 3.05) is 13.1 Å². The highest BCUT2D eigenvalue weighted by molar-refractivity contribution is 5.84. The molecule has 0 radical (unpaired) electrons. The van der Waals surface area contributed by atoms with Crippen LogP contribution in [0.2, 0.25) is 0 Å². The van der Waals surface area contributed by atoms with Gasteiger partial charge >= 0.3 is 12.0 Å². The van der Waals surface area contributed by atoms with Gasteiger partial charge in [-0.25, -0.2) is 14.3 Å². The van der Waals surface area contributed by atoms with E-state index >= 15 is 0 Å². The minimum atomic E-state index is -1.09. The van der Waals surface area contributed by atoms with E-state index in [0.717, 1.165) is 12.8 Å². The number of nitrogens with one attached hydrogen (secondary N) is 1. The number of carbonyl (C=O) groups is 2. The van der Waals surface area contributed by atoms with Crippen molar-refractivity contribution in [3.8, 4) is 0 Å². The van der Waals surface area contributed by atoms with Crippen LogP contribution >= 0.6 is 0 Å². The third-order valence-corrected chi connectivity index (χ3v) is 3.95. The molecule has 2 N–H and O–H groups in total. The third kappa shape index (κ3) is 2.33. The monoisotopic (exact) mass is 279 g/mol. The van der Waals surface area contributed by atoms with Crippen molar-refractivity contribution >= 4 is 12.0 Å². The quantitative estimate of drug-likeness (QED) is 0.831. The highest BCUT2D eigenvalue weighted by Crippen LogP contribution is 2.27. The van der Waals surface area contributed by atoms with Crippen molar-refractivity contribution in [3.05, 3.63) is 11.9 Å². The number of likely N-dealkylation sites (tertiary alicyclic amines) is 1. The van der Waals surface area contributed by atoms with E-state index in [2.05, 4.69) is 22.6 Å². The molecule has 2 fully saturated rings. The van der Waals surface area contributed by atoms with Crippen LogP contribution in [0.4, 0.5) is 4.79 Å². The van der Waals surface area contributed by atoms with E-state index in [0.29, 0.717) is 25.0 Å². The van der Waals surface area contributed by atoms with Crippen LogP contribution in [0.15, 0.2) is 6.20 Å². The van der Waals surface area contributed by atoms with E-state index in [9.17, 15) is 9.59 Å². The van der Waals surface area contributed by atoms with Gasteiger partial charge in [0.15, 0.2) is 5.69 Å². The van der Waals surface area contributed by atoms with Gasteiger partial charge in [-0.15, -0.1) is 5.10 Å². The fraction of sp³-hybridized carbons (Fsp3) is 0.667. The molecule has 8 heteroatoms. The van der Waals surface area contributed by atoms with Gasteiger partial charge in [0, 0.05) is 19.1 Å². The molecule has 1 saturated heterocycles. The van der Waals surface area contributed by atoms with Gasteiger partial charge in [-0.2, -0.15) is 0 Å². The molecule has 1 saturated carbocycles. The average molecular weight is 279 g/mol. The molecule has 3 rings (SSSR count). The molecular formula is C12H17N5O3. The van der Waals surface area contributed by atoms with Crippen LogP contribution in [-0.2, 0) is 0 Å². The van der Waals surface area contributed by atoms with Crippen LogP contribution in [0.25, 0.3) is 0 Å². The Morgan fingerprint density at radius 1 is 1.40 bits per heavy atom. The Morgan fingerprint density at radius 3 is 2.65 bits per heavy atom. The lowest BCUT2D eigenvalue weighted by Gasteiger charge is -2.41. The number of aromatic nitrogens is 3. The molecule has 20 heavy (non-hydrogen) atoms. The van der Waals surface area contributed by atoms with E-state index in [4.69, 9.17) is 5.11 Å². The summed E-state index contributed by atoms with van der Waals surface area (Å²) in [4.78, 5) is 24.3. The van der Waals surface area contributed by atoms with Gasteiger partial charge < -0.3 is 15.3 Å². The highest BCUT2D eigenvalue weighted by Gasteiger charge is 2.35. The smallest absolute Gasteiger partial charge is 0.358 e. The first kappa shape index (κ1) is 12.9. The number of nitrogens with zero attached hydrogens (tertiary/aromatic N) is 4. The molecule has 0 spiro atoms. The Bertz CT molecular complexity index is 531. The number of carboxylic acid groups (broad SMARTS) is 1. The maximum atomic E-state index is 11.9. The first-order valence-corrected chi connectivity index (χ1v) is 6.73. The Labute approximate surface area is 115 Å². The molecule has 1 aromatic rings. The van der Waals surface area contributed by atoms with Crippen LogP contribution in [0.3, 0.4) is 0 Å². The van der Waals surface area contributed by atoms with Crippen LogP contribution < -0.4 is 5.32 Å². The molecule has 108 valence electrons. The summed E-state index contributed by atoms with van der Waals surface area (Å²) in [7, 11) is 0. The standard InChI is InChI=1S/C12H17N5O3/c1-7-2-8(3-7)13-12(20)16-4-9(5-16)17-6-10(11(18)19)14-15-17/h6-9H,2-5H2,1H3,(H,13,20)(H,18,19). The Balaban J connectivity index is 1.48. The number of amides is 2. The number of hydrogen-bond acceptors (Lipinski definition) is 4. The molecule has 0 atom stereocenters. The van der Waals surface area contributed by atoms with Crippen molar-refractivity contribution in [1.82, 2.24) is 25.2 Å². The summed E-state index contributed by atoms with van der Waals surface area (Å²) in [5.41, 5.74) is -0.0728. The van der Waals surface area contributed by atoms with Crippen molar-refractivity contribution in [1.29, 1.82) is 0 Å². The summed E-state index contributed by atoms with van der Waals surface area (Å²) in [6, 6.07) is 0.278. The highest BCUT2D eigenvalue weighted by atomic mass is 16.4. The Morgan fingerprint density at radius 2 is 2.10 bits per heavy atom. The second kappa shape index (κ2) is 4.77. The lowest BCUT2D eigenvalue weighted by atomic mass is 9.82. The van der Waals surface area contributed by atoms with Crippen LogP contribution in [0.5, 0.6) is 0 Å². The average Bonchev–Trinajstić information content (AvgIpc) is 2.74. The topological polar surface area (TPSA) is 100 Å². The largest absolute Gasteiger partial charge is 0.476 e. The second-order valence-electron chi connectivity index (χ2n) is 5.67. The number of urea groups is 1. The van der Waals surface area contributed by atoms with Gasteiger partial charge in [0.05, 0.1) is 12.2 Å². The first-order valence-electron chi connectivity index (χ1n) is 6.73. The van der Waals surface area contributed by atoms with Gasteiger partial charge in [0.1, 0.15) is 0 Å². The van der Waals surface area contributed by atoms with Gasteiger partial charge in [-0.3, -0.25) is 0 Å². The van der Waals surface area contributed by atoms with Crippen molar-refractivity contribution in [3.63, 3.8) is 0 Å². The Hall–Kier alpha value is -2.12. The summed E-state index contributed by atoms with van der Waals surface area (Å²) < 4.78 is 1.51. The number of hydrogen-bond donors (Lipinski definition) is 2. The molecule has 2 heterocycles. The number of rotatable bonds is 3. The number of aromatic carboxylic acids is 1.